The van der Waals surface area contributed by atoms with Gasteiger partial charge in [-0.25, -0.2) is 4.98 Å². The van der Waals surface area contributed by atoms with Gasteiger partial charge in [0.1, 0.15) is 5.65 Å². The van der Waals surface area contributed by atoms with E-state index in [9.17, 15) is 10.1 Å². The summed E-state index contributed by atoms with van der Waals surface area (Å²) in [4.78, 5) is 18.6. The molecule has 4 rings (SSSR count). The van der Waals surface area contributed by atoms with Crippen LogP contribution >= 0.6 is 11.6 Å². The molecule has 24 heavy (non-hydrogen) atoms. The molecule has 6 heteroatoms. The SMILES string of the molecule is Cc1cc([N+](=O)[O-])c2nc3[nH]c(-c4ccccc4)cc3c(Cl)c2c1. The Kier molecular flexibility index (Phi) is 3.25. The van der Waals surface area contributed by atoms with Crippen LogP contribution in [0, 0.1) is 17.0 Å². The van der Waals surface area contributed by atoms with Crippen LogP contribution in [0.1, 0.15) is 5.56 Å². The molecule has 2 heterocycles. The van der Waals surface area contributed by atoms with Gasteiger partial charge >= 0.3 is 0 Å². The summed E-state index contributed by atoms with van der Waals surface area (Å²) >= 11 is 6.54. The molecule has 0 fully saturated rings. The summed E-state index contributed by atoms with van der Waals surface area (Å²) in [5.74, 6) is 0. The zero-order valence-electron chi connectivity index (χ0n) is 12.7. The monoisotopic (exact) mass is 337 g/mol. The summed E-state index contributed by atoms with van der Waals surface area (Å²) in [7, 11) is 0. The molecule has 0 radical (unpaired) electrons. The molecule has 0 aliphatic heterocycles. The summed E-state index contributed by atoms with van der Waals surface area (Å²) < 4.78 is 0. The highest BCUT2D eigenvalue weighted by Gasteiger charge is 2.19. The van der Waals surface area contributed by atoms with Crippen LogP contribution in [0.15, 0.2) is 48.5 Å². The average molecular weight is 338 g/mol. The van der Waals surface area contributed by atoms with Crippen molar-refractivity contribution in [2.75, 3.05) is 0 Å². The number of fused-ring (bicyclic) bond motifs is 2. The summed E-state index contributed by atoms with van der Waals surface area (Å²) in [5.41, 5.74) is 3.44. The molecule has 118 valence electrons. The van der Waals surface area contributed by atoms with E-state index in [1.54, 1.807) is 6.92 Å². The second-order valence-electron chi connectivity index (χ2n) is 5.67. The third-order valence-corrected chi connectivity index (χ3v) is 4.42. The van der Waals surface area contributed by atoms with Gasteiger partial charge in [0.05, 0.1) is 9.95 Å². The number of halogens is 1. The molecule has 0 bridgehead atoms. The lowest BCUT2D eigenvalue weighted by molar-refractivity contribution is -0.383. The van der Waals surface area contributed by atoms with E-state index in [1.807, 2.05) is 42.5 Å². The zero-order valence-corrected chi connectivity index (χ0v) is 13.5. The number of H-pyrrole nitrogens is 1. The maximum atomic E-state index is 11.4. The first-order chi connectivity index (χ1) is 11.5. The number of nitro benzene ring substituents is 1. The van der Waals surface area contributed by atoms with Crippen molar-refractivity contribution in [3.05, 3.63) is 69.2 Å². The molecule has 2 aromatic carbocycles. The van der Waals surface area contributed by atoms with Crippen molar-refractivity contribution in [1.29, 1.82) is 0 Å². The first-order valence-corrected chi connectivity index (χ1v) is 7.75. The minimum absolute atomic E-state index is 0.0374. The summed E-state index contributed by atoms with van der Waals surface area (Å²) in [6, 6.07) is 15.0. The number of hydrogen-bond donors (Lipinski definition) is 1. The maximum absolute atomic E-state index is 11.4. The Morgan fingerprint density at radius 1 is 1.12 bits per heavy atom. The highest BCUT2D eigenvalue weighted by Crippen LogP contribution is 2.37. The van der Waals surface area contributed by atoms with Gasteiger partial charge in [-0.2, -0.15) is 0 Å². The number of aromatic nitrogens is 2. The van der Waals surface area contributed by atoms with E-state index in [0.29, 0.717) is 21.6 Å². The van der Waals surface area contributed by atoms with Gasteiger partial charge in [-0.1, -0.05) is 41.9 Å². The van der Waals surface area contributed by atoms with Crippen molar-refractivity contribution < 1.29 is 4.92 Å². The average Bonchev–Trinajstić information content (AvgIpc) is 3.00. The molecule has 0 saturated heterocycles. The zero-order chi connectivity index (χ0) is 16.8. The molecule has 0 aliphatic rings. The topological polar surface area (TPSA) is 71.8 Å². The van der Waals surface area contributed by atoms with E-state index in [-0.39, 0.29) is 5.69 Å². The Bertz CT molecular complexity index is 1100. The Hall–Kier alpha value is -2.92. The number of nitrogens with one attached hydrogen (secondary N) is 1. The molecule has 0 spiro atoms. The van der Waals surface area contributed by atoms with Gasteiger partial charge in [0.2, 0.25) is 0 Å². The predicted octanol–water partition coefficient (Wildman–Crippen LogP) is 5.25. The van der Waals surface area contributed by atoms with E-state index < -0.39 is 4.92 Å². The second kappa shape index (κ2) is 5.32. The van der Waals surface area contributed by atoms with Crippen molar-refractivity contribution in [2.45, 2.75) is 6.92 Å². The number of nitro groups is 1. The van der Waals surface area contributed by atoms with Gasteiger partial charge in [-0.15, -0.1) is 0 Å². The van der Waals surface area contributed by atoms with Crippen molar-refractivity contribution in [2.24, 2.45) is 0 Å². The molecule has 5 nitrogen and oxygen atoms in total. The fourth-order valence-corrected chi connectivity index (χ4v) is 3.20. The molecular formula is C18H12ClN3O2. The molecule has 0 unspecified atom stereocenters. The fourth-order valence-electron chi connectivity index (χ4n) is 2.91. The Morgan fingerprint density at radius 3 is 2.58 bits per heavy atom. The van der Waals surface area contributed by atoms with Crippen LogP contribution in [0.4, 0.5) is 5.69 Å². The van der Waals surface area contributed by atoms with Crippen LogP contribution in [-0.2, 0) is 0 Å². The lowest BCUT2D eigenvalue weighted by atomic mass is 10.1. The first kappa shape index (κ1) is 14.7. The van der Waals surface area contributed by atoms with Crippen LogP contribution in [0.3, 0.4) is 0 Å². The van der Waals surface area contributed by atoms with Gasteiger partial charge in [-0.05, 0) is 30.2 Å². The summed E-state index contributed by atoms with van der Waals surface area (Å²) in [6.07, 6.45) is 0. The third kappa shape index (κ3) is 2.21. The number of non-ortho nitro benzene ring substituents is 1. The molecule has 4 aromatic rings. The molecular weight excluding hydrogens is 326 g/mol. The quantitative estimate of drug-likeness (QED) is 0.401. The Balaban J connectivity index is 2.07. The van der Waals surface area contributed by atoms with Crippen molar-refractivity contribution in [3.63, 3.8) is 0 Å². The molecule has 0 saturated carbocycles. The number of pyridine rings is 1. The smallest absolute Gasteiger partial charge is 0.295 e. The standard InChI is InChI=1S/C18H12ClN3O2/c1-10-7-12-16(19)13-9-14(11-5-3-2-4-6-11)20-18(13)21-17(12)15(8-10)22(23)24/h2-9H,1H3,(H,20,21). The Labute approximate surface area is 142 Å². The molecule has 1 N–H and O–H groups in total. The van der Waals surface area contributed by atoms with Gasteiger partial charge in [0.25, 0.3) is 5.69 Å². The molecule has 2 aromatic heterocycles. The number of aryl methyl sites for hydroxylation is 1. The third-order valence-electron chi connectivity index (χ3n) is 4.01. The van der Waals surface area contributed by atoms with Gasteiger partial charge in [0, 0.05) is 22.5 Å². The van der Waals surface area contributed by atoms with E-state index in [4.69, 9.17) is 11.6 Å². The second-order valence-corrected chi connectivity index (χ2v) is 6.05. The number of aromatic amines is 1. The summed E-state index contributed by atoms with van der Waals surface area (Å²) in [5, 5.41) is 13.2. The molecule has 0 amide bonds. The Morgan fingerprint density at radius 2 is 1.88 bits per heavy atom. The molecule has 0 aliphatic carbocycles. The minimum Gasteiger partial charge on any atom is -0.339 e. The maximum Gasteiger partial charge on any atom is 0.295 e. The highest BCUT2D eigenvalue weighted by atomic mass is 35.5. The van der Waals surface area contributed by atoms with Crippen molar-refractivity contribution in [1.82, 2.24) is 9.97 Å². The molecule has 0 atom stereocenters. The van der Waals surface area contributed by atoms with Crippen molar-refractivity contribution in [3.8, 4) is 11.3 Å². The van der Waals surface area contributed by atoms with E-state index in [0.717, 1.165) is 22.2 Å². The van der Waals surface area contributed by atoms with Crippen LogP contribution in [0.2, 0.25) is 5.02 Å². The van der Waals surface area contributed by atoms with Crippen LogP contribution in [-0.4, -0.2) is 14.9 Å². The lowest BCUT2D eigenvalue weighted by Crippen LogP contribution is -1.94. The predicted molar refractivity (Wildman–Crippen MR) is 95.4 cm³/mol. The summed E-state index contributed by atoms with van der Waals surface area (Å²) in [6.45, 7) is 1.81. The number of nitrogens with zero attached hydrogens (tertiary/aromatic N) is 2. The number of rotatable bonds is 2. The normalized spacial score (nSPS) is 11.2. The van der Waals surface area contributed by atoms with E-state index >= 15 is 0 Å². The van der Waals surface area contributed by atoms with Gasteiger partial charge in [-0.3, -0.25) is 10.1 Å². The van der Waals surface area contributed by atoms with Crippen LogP contribution < -0.4 is 0 Å². The van der Waals surface area contributed by atoms with E-state index in [1.165, 1.54) is 6.07 Å². The fraction of sp³-hybridized carbons (Fsp3) is 0.0556. The first-order valence-electron chi connectivity index (χ1n) is 7.37. The van der Waals surface area contributed by atoms with Gasteiger partial charge < -0.3 is 4.98 Å². The minimum atomic E-state index is -0.425. The largest absolute Gasteiger partial charge is 0.339 e. The van der Waals surface area contributed by atoms with Gasteiger partial charge in [0.15, 0.2) is 5.52 Å². The highest BCUT2D eigenvalue weighted by molar-refractivity contribution is 6.40. The van der Waals surface area contributed by atoms with Crippen LogP contribution in [0.5, 0.6) is 0 Å². The lowest BCUT2D eigenvalue weighted by Gasteiger charge is -2.04. The number of benzene rings is 2. The number of hydrogen-bond acceptors (Lipinski definition) is 3. The van der Waals surface area contributed by atoms with Crippen molar-refractivity contribution >= 4 is 39.2 Å². The van der Waals surface area contributed by atoms with E-state index in [2.05, 4.69) is 9.97 Å². The van der Waals surface area contributed by atoms with Crippen LogP contribution in [0.25, 0.3) is 33.2 Å².